The molecule has 0 saturated carbocycles. The first kappa shape index (κ1) is 12.8. The average molecular weight is 308 g/mol. The van der Waals surface area contributed by atoms with Crippen molar-refractivity contribution in [3.63, 3.8) is 0 Å². The summed E-state index contributed by atoms with van der Waals surface area (Å²) < 4.78 is 13.2. The highest BCUT2D eigenvalue weighted by atomic mass is 79.9. The minimum absolute atomic E-state index is 0.167. The lowest BCUT2D eigenvalue weighted by Crippen LogP contribution is -2.05. The lowest BCUT2D eigenvalue weighted by molar-refractivity contribution is 0.103. The van der Waals surface area contributed by atoms with Crippen molar-refractivity contribution in [1.29, 1.82) is 0 Å². The van der Waals surface area contributed by atoms with E-state index < -0.39 is 6.67 Å². The van der Waals surface area contributed by atoms with Crippen molar-refractivity contribution in [3.05, 3.63) is 63.6 Å². The normalized spacial score (nSPS) is 10.3. The zero-order valence-corrected chi connectivity index (χ0v) is 11.1. The monoisotopic (exact) mass is 307 g/mol. The van der Waals surface area contributed by atoms with Crippen LogP contribution >= 0.6 is 15.9 Å². The number of hydrogen-bond acceptors (Lipinski definition) is 2. The summed E-state index contributed by atoms with van der Waals surface area (Å²) in [5, 5.41) is 0. The molecule has 0 amide bonds. The number of hydrogen-bond donors (Lipinski definition) is 1. The van der Waals surface area contributed by atoms with Gasteiger partial charge in [-0.25, -0.2) is 4.39 Å². The van der Waals surface area contributed by atoms with E-state index in [4.69, 9.17) is 5.73 Å². The van der Waals surface area contributed by atoms with Crippen LogP contribution < -0.4 is 5.73 Å². The number of carbonyl (C=O) groups is 1. The second-order valence-electron chi connectivity index (χ2n) is 3.89. The van der Waals surface area contributed by atoms with Gasteiger partial charge < -0.3 is 5.73 Å². The predicted molar refractivity (Wildman–Crippen MR) is 73.2 cm³/mol. The molecule has 0 bridgehead atoms. The van der Waals surface area contributed by atoms with Crippen LogP contribution in [0.3, 0.4) is 0 Å². The van der Waals surface area contributed by atoms with E-state index in [1.54, 1.807) is 42.5 Å². The highest BCUT2D eigenvalue weighted by Crippen LogP contribution is 2.21. The van der Waals surface area contributed by atoms with E-state index >= 15 is 0 Å². The second kappa shape index (κ2) is 5.31. The molecule has 0 aliphatic rings. The Labute approximate surface area is 113 Å². The van der Waals surface area contributed by atoms with Gasteiger partial charge in [-0.3, -0.25) is 4.79 Å². The smallest absolute Gasteiger partial charge is 0.195 e. The molecule has 0 spiro atoms. The number of halogens is 2. The zero-order valence-electron chi connectivity index (χ0n) is 9.49. The number of ketones is 1. The molecule has 2 N–H and O–H groups in total. The summed E-state index contributed by atoms with van der Waals surface area (Å²) in [7, 11) is 0. The molecule has 0 saturated heterocycles. The molecule has 4 heteroatoms. The van der Waals surface area contributed by atoms with Crippen LogP contribution in [0.4, 0.5) is 10.1 Å². The van der Waals surface area contributed by atoms with E-state index in [1.807, 2.05) is 0 Å². The number of carbonyl (C=O) groups excluding carboxylic acids is 1. The van der Waals surface area contributed by atoms with Crippen LogP contribution in [0.5, 0.6) is 0 Å². The average Bonchev–Trinajstić information content (AvgIpc) is 2.41. The molecule has 2 nitrogen and oxygen atoms in total. The molecule has 0 aliphatic heterocycles. The topological polar surface area (TPSA) is 43.1 Å². The van der Waals surface area contributed by atoms with Gasteiger partial charge in [0.15, 0.2) is 5.78 Å². The van der Waals surface area contributed by atoms with Crippen LogP contribution in [0.2, 0.25) is 0 Å². The van der Waals surface area contributed by atoms with E-state index in [1.165, 1.54) is 0 Å². The molecule has 0 fully saturated rings. The van der Waals surface area contributed by atoms with Gasteiger partial charge in [0.1, 0.15) is 6.67 Å². The van der Waals surface area contributed by atoms with Crippen molar-refractivity contribution in [1.82, 2.24) is 0 Å². The van der Waals surface area contributed by atoms with Gasteiger partial charge in [0.2, 0.25) is 0 Å². The van der Waals surface area contributed by atoms with E-state index in [2.05, 4.69) is 15.9 Å². The largest absolute Gasteiger partial charge is 0.398 e. The third-order valence-electron chi connectivity index (χ3n) is 2.63. The molecule has 2 aromatic carbocycles. The molecular formula is C14H11BrFNO. The maximum atomic E-state index is 12.4. The maximum Gasteiger partial charge on any atom is 0.195 e. The van der Waals surface area contributed by atoms with Gasteiger partial charge >= 0.3 is 0 Å². The molecule has 0 atom stereocenters. The Morgan fingerprint density at radius 2 is 1.83 bits per heavy atom. The molecule has 92 valence electrons. The lowest BCUT2D eigenvalue weighted by atomic mass is 10.0. The number of benzene rings is 2. The summed E-state index contributed by atoms with van der Waals surface area (Å²) in [4.78, 5) is 12.2. The van der Waals surface area contributed by atoms with E-state index in [-0.39, 0.29) is 5.78 Å². The van der Waals surface area contributed by atoms with Crippen LogP contribution in [0, 0.1) is 0 Å². The highest BCUT2D eigenvalue weighted by Gasteiger charge is 2.12. The van der Waals surface area contributed by atoms with E-state index in [9.17, 15) is 9.18 Å². The Bertz CT molecular complexity index is 581. The van der Waals surface area contributed by atoms with Gasteiger partial charge in [0.25, 0.3) is 0 Å². The molecule has 0 unspecified atom stereocenters. The molecule has 0 radical (unpaired) electrons. The Morgan fingerprint density at radius 1 is 1.17 bits per heavy atom. The number of nitrogens with two attached hydrogens (primary N) is 1. The fraction of sp³-hybridized carbons (Fsp3) is 0.0714. The lowest BCUT2D eigenvalue weighted by Gasteiger charge is -2.06. The van der Waals surface area contributed by atoms with Crippen LogP contribution in [0.15, 0.2) is 46.9 Å². The van der Waals surface area contributed by atoms with Gasteiger partial charge in [-0.05, 0) is 23.8 Å². The quantitative estimate of drug-likeness (QED) is 0.693. The van der Waals surface area contributed by atoms with Gasteiger partial charge in [-0.1, -0.05) is 40.2 Å². The Morgan fingerprint density at radius 3 is 2.44 bits per heavy atom. The summed E-state index contributed by atoms with van der Waals surface area (Å²) in [6.45, 7) is -0.534. The fourth-order valence-electron chi connectivity index (χ4n) is 1.63. The first-order valence-electron chi connectivity index (χ1n) is 5.36. The first-order chi connectivity index (χ1) is 8.61. The van der Waals surface area contributed by atoms with Crippen LogP contribution in [0.1, 0.15) is 21.5 Å². The Kier molecular flexibility index (Phi) is 3.77. The summed E-state index contributed by atoms with van der Waals surface area (Å²) in [5.74, 6) is -0.167. The maximum absolute atomic E-state index is 12.4. The molecule has 2 aromatic rings. The predicted octanol–water partition coefficient (Wildman–Crippen LogP) is 3.73. The fourth-order valence-corrected chi connectivity index (χ4v) is 1.99. The summed E-state index contributed by atoms with van der Waals surface area (Å²) >= 11 is 3.30. The molecule has 18 heavy (non-hydrogen) atoms. The van der Waals surface area contributed by atoms with Crippen LogP contribution in [-0.2, 0) is 6.67 Å². The Balaban J connectivity index is 2.38. The molecule has 2 rings (SSSR count). The summed E-state index contributed by atoms with van der Waals surface area (Å²) in [6.07, 6.45) is 0. The third kappa shape index (κ3) is 2.59. The minimum Gasteiger partial charge on any atom is -0.398 e. The summed E-state index contributed by atoms with van der Waals surface area (Å²) in [5.41, 5.74) is 7.70. The van der Waals surface area contributed by atoms with Crippen LogP contribution in [0.25, 0.3) is 0 Å². The van der Waals surface area contributed by atoms with Crippen molar-refractivity contribution in [2.75, 3.05) is 5.73 Å². The van der Waals surface area contributed by atoms with Crippen molar-refractivity contribution >= 4 is 27.4 Å². The van der Waals surface area contributed by atoms with E-state index in [0.717, 1.165) is 4.47 Å². The van der Waals surface area contributed by atoms with Crippen molar-refractivity contribution in [3.8, 4) is 0 Å². The van der Waals surface area contributed by atoms with Gasteiger partial charge in [0, 0.05) is 21.3 Å². The number of alkyl halides is 1. The Hall–Kier alpha value is -1.68. The standard InChI is InChI=1S/C14H11BrFNO/c15-11-5-6-13(17)12(7-11)14(18)10-3-1-9(8-16)2-4-10/h1-7H,8,17H2. The number of rotatable bonds is 3. The number of nitrogen functional groups attached to an aromatic ring is 1. The van der Waals surface area contributed by atoms with Gasteiger partial charge in [-0.15, -0.1) is 0 Å². The molecular weight excluding hydrogens is 297 g/mol. The van der Waals surface area contributed by atoms with Crippen molar-refractivity contribution in [2.45, 2.75) is 6.67 Å². The summed E-state index contributed by atoms with van der Waals surface area (Å²) in [6, 6.07) is 11.5. The second-order valence-corrected chi connectivity index (χ2v) is 4.81. The van der Waals surface area contributed by atoms with E-state index in [0.29, 0.717) is 22.4 Å². The first-order valence-corrected chi connectivity index (χ1v) is 6.15. The SMILES string of the molecule is Nc1ccc(Br)cc1C(=O)c1ccc(CF)cc1. The number of anilines is 1. The van der Waals surface area contributed by atoms with Gasteiger partial charge in [-0.2, -0.15) is 0 Å². The zero-order chi connectivity index (χ0) is 13.1. The minimum atomic E-state index is -0.534. The van der Waals surface area contributed by atoms with Crippen molar-refractivity contribution < 1.29 is 9.18 Å². The highest BCUT2D eigenvalue weighted by molar-refractivity contribution is 9.10. The van der Waals surface area contributed by atoms with Gasteiger partial charge in [0.05, 0.1) is 0 Å². The van der Waals surface area contributed by atoms with Crippen molar-refractivity contribution in [2.24, 2.45) is 0 Å². The third-order valence-corrected chi connectivity index (χ3v) is 3.12. The van der Waals surface area contributed by atoms with Crippen LogP contribution in [-0.4, -0.2) is 5.78 Å². The molecule has 0 aromatic heterocycles. The molecule has 0 heterocycles. The molecule has 0 aliphatic carbocycles.